The van der Waals surface area contributed by atoms with E-state index < -0.39 is 0 Å². The molecule has 4 nitrogen and oxygen atoms in total. The van der Waals surface area contributed by atoms with E-state index in [4.69, 9.17) is 17.3 Å². The van der Waals surface area contributed by atoms with Crippen molar-refractivity contribution in [3.05, 3.63) is 17.4 Å². The minimum Gasteiger partial charge on any atom is -0.398 e. The summed E-state index contributed by atoms with van der Waals surface area (Å²) in [5.41, 5.74) is 7.01. The highest BCUT2D eigenvalue weighted by molar-refractivity contribution is 6.30. The average Bonchev–Trinajstić information content (AvgIpc) is 2.33. The number of fused-ring (bicyclic) bond motifs is 1. The van der Waals surface area contributed by atoms with E-state index in [1.807, 2.05) is 0 Å². The Bertz CT molecular complexity index is 434. The number of nitrogens with two attached hydrogens (primary N) is 1. The second-order valence-corrected chi connectivity index (χ2v) is 2.93. The molecule has 0 saturated carbocycles. The first kappa shape index (κ1) is 7.36. The number of nitrogens with zero attached hydrogens (tertiary/aromatic N) is 3. The molecule has 0 aliphatic heterocycles. The summed E-state index contributed by atoms with van der Waals surface area (Å²) in [5, 5.41) is 5.24. The zero-order chi connectivity index (χ0) is 8.72. The van der Waals surface area contributed by atoms with E-state index in [9.17, 15) is 0 Å². The van der Waals surface area contributed by atoms with Crippen LogP contribution in [0.5, 0.6) is 0 Å². The van der Waals surface area contributed by atoms with Crippen LogP contribution in [0.15, 0.2) is 12.3 Å². The third-order valence-corrected chi connectivity index (χ3v) is 1.90. The number of rotatable bonds is 0. The molecule has 0 saturated heterocycles. The fraction of sp³-hybridized carbons (Fsp3) is 0.143. The Balaban J connectivity index is 2.92. The fourth-order valence-corrected chi connectivity index (χ4v) is 1.30. The smallest absolute Gasteiger partial charge is 0.161 e. The van der Waals surface area contributed by atoms with Crippen molar-refractivity contribution in [1.82, 2.24) is 14.8 Å². The van der Waals surface area contributed by atoms with Crippen molar-refractivity contribution in [3.63, 3.8) is 0 Å². The first-order valence-electron chi connectivity index (χ1n) is 3.42. The van der Waals surface area contributed by atoms with Crippen molar-refractivity contribution in [2.75, 3.05) is 5.73 Å². The number of hydrogen-bond acceptors (Lipinski definition) is 3. The minimum atomic E-state index is 0.392. The van der Waals surface area contributed by atoms with Crippen LogP contribution < -0.4 is 5.73 Å². The van der Waals surface area contributed by atoms with Gasteiger partial charge in [0, 0.05) is 12.7 Å². The Labute approximate surface area is 73.9 Å². The van der Waals surface area contributed by atoms with Gasteiger partial charge in [-0.1, -0.05) is 11.6 Å². The molecule has 2 rings (SSSR count). The molecule has 12 heavy (non-hydrogen) atoms. The molecule has 2 aromatic heterocycles. The van der Waals surface area contributed by atoms with Crippen LogP contribution in [0.2, 0.25) is 5.15 Å². The molecular formula is C7H7ClN4. The number of aryl methyl sites for hydroxylation is 1. The van der Waals surface area contributed by atoms with Gasteiger partial charge in [0.2, 0.25) is 0 Å². The van der Waals surface area contributed by atoms with E-state index in [1.54, 1.807) is 24.0 Å². The Morgan fingerprint density at radius 1 is 1.58 bits per heavy atom. The zero-order valence-corrected chi connectivity index (χ0v) is 7.21. The van der Waals surface area contributed by atoms with Gasteiger partial charge >= 0.3 is 0 Å². The SMILES string of the molecule is Cn1ncc2c(N)cc(Cl)nc21. The van der Waals surface area contributed by atoms with Crippen molar-refractivity contribution in [1.29, 1.82) is 0 Å². The molecule has 0 aliphatic rings. The van der Waals surface area contributed by atoms with Gasteiger partial charge in [0.1, 0.15) is 5.15 Å². The van der Waals surface area contributed by atoms with E-state index in [1.165, 1.54) is 0 Å². The predicted octanol–water partition coefficient (Wildman–Crippen LogP) is 1.20. The van der Waals surface area contributed by atoms with Gasteiger partial charge in [-0.3, -0.25) is 4.68 Å². The zero-order valence-electron chi connectivity index (χ0n) is 6.45. The Morgan fingerprint density at radius 3 is 3.08 bits per heavy atom. The topological polar surface area (TPSA) is 56.7 Å². The molecule has 0 radical (unpaired) electrons. The van der Waals surface area contributed by atoms with Gasteiger partial charge in [0.25, 0.3) is 0 Å². The fourth-order valence-electron chi connectivity index (χ4n) is 1.11. The average molecular weight is 183 g/mol. The quantitative estimate of drug-likeness (QED) is 0.623. The maximum absolute atomic E-state index is 5.72. The van der Waals surface area contributed by atoms with Gasteiger partial charge in [-0.25, -0.2) is 4.98 Å². The van der Waals surface area contributed by atoms with Gasteiger partial charge in [-0.15, -0.1) is 0 Å². The van der Waals surface area contributed by atoms with Crippen LogP contribution in [0, 0.1) is 0 Å². The molecule has 2 N–H and O–H groups in total. The molecular weight excluding hydrogens is 176 g/mol. The lowest BCUT2D eigenvalue weighted by atomic mass is 10.3. The summed E-state index contributed by atoms with van der Waals surface area (Å²) < 4.78 is 1.64. The Hall–Kier alpha value is -1.29. The predicted molar refractivity (Wildman–Crippen MR) is 47.9 cm³/mol. The summed E-state index contributed by atoms with van der Waals surface area (Å²) in [5.74, 6) is 0. The molecule has 5 heteroatoms. The lowest BCUT2D eigenvalue weighted by molar-refractivity contribution is 0.786. The van der Waals surface area contributed by atoms with Gasteiger partial charge in [-0.2, -0.15) is 5.10 Å². The summed E-state index contributed by atoms with van der Waals surface area (Å²) in [4.78, 5) is 4.08. The Kier molecular flexibility index (Phi) is 1.44. The second kappa shape index (κ2) is 2.35. The van der Waals surface area contributed by atoms with Crippen LogP contribution in [-0.2, 0) is 7.05 Å². The summed E-state index contributed by atoms with van der Waals surface area (Å²) >= 11 is 5.72. The monoisotopic (exact) mass is 182 g/mol. The van der Waals surface area contributed by atoms with Gasteiger partial charge in [-0.05, 0) is 6.07 Å². The number of anilines is 1. The molecule has 2 aromatic rings. The van der Waals surface area contributed by atoms with E-state index in [0.29, 0.717) is 16.5 Å². The summed E-state index contributed by atoms with van der Waals surface area (Å²) in [6, 6.07) is 1.62. The molecule has 0 unspecified atom stereocenters. The van der Waals surface area contributed by atoms with Crippen LogP contribution in [0.1, 0.15) is 0 Å². The largest absolute Gasteiger partial charge is 0.398 e. The number of halogens is 1. The molecule has 0 amide bonds. The molecule has 0 aromatic carbocycles. The molecule has 0 atom stereocenters. The van der Waals surface area contributed by atoms with E-state index in [-0.39, 0.29) is 0 Å². The lowest BCUT2D eigenvalue weighted by Crippen LogP contribution is -1.93. The molecule has 2 heterocycles. The molecule has 0 aliphatic carbocycles. The second-order valence-electron chi connectivity index (χ2n) is 2.54. The number of nitrogen functional groups attached to an aromatic ring is 1. The molecule has 0 spiro atoms. The highest BCUT2D eigenvalue weighted by Crippen LogP contribution is 2.21. The number of aromatic nitrogens is 3. The standard InChI is InChI=1S/C7H7ClN4/c1-12-7-4(3-10-12)5(9)2-6(8)11-7/h2-3H,1H3,(H2,9,11). The number of hydrogen-bond donors (Lipinski definition) is 1. The van der Waals surface area contributed by atoms with Gasteiger partial charge < -0.3 is 5.73 Å². The lowest BCUT2D eigenvalue weighted by Gasteiger charge is -1.97. The van der Waals surface area contributed by atoms with Gasteiger partial charge in [0.15, 0.2) is 5.65 Å². The van der Waals surface area contributed by atoms with Crippen LogP contribution >= 0.6 is 11.6 Å². The molecule has 0 fully saturated rings. The van der Waals surface area contributed by atoms with Crippen molar-refractivity contribution in [2.45, 2.75) is 0 Å². The Morgan fingerprint density at radius 2 is 2.33 bits per heavy atom. The normalized spacial score (nSPS) is 10.8. The van der Waals surface area contributed by atoms with E-state index in [0.717, 1.165) is 5.39 Å². The highest BCUT2D eigenvalue weighted by atomic mass is 35.5. The summed E-state index contributed by atoms with van der Waals surface area (Å²) in [7, 11) is 1.80. The molecule has 0 bridgehead atoms. The van der Waals surface area contributed by atoms with Gasteiger partial charge in [0.05, 0.1) is 11.6 Å². The third-order valence-electron chi connectivity index (χ3n) is 1.71. The minimum absolute atomic E-state index is 0.392. The van der Waals surface area contributed by atoms with Crippen molar-refractivity contribution in [3.8, 4) is 0 Å². The van der Waals surface area contributed by atoms with E-state index in [2.05, 4.69) is 10.1 Å². The maximum atomic E-state index is 5.72. The van der Waals surface area contributed by atoms with Crippen LogP contribution in [-0.4, -0.2) is 14.8 Å². The van der Waals surface area contributed by atoms with Crippen molar-refractivity contribution < 1.29 is 0 Å². The van der Waals surface area contributed by atoms with Crippen LogP contribution in [0.25, 0.3) is 11.0 Å². The first-order chi connectivity index (χ1) is 5.68. The number of pyridine rings is 1. The summed E-state index contributed by atoms with van der Waals surface area (Å²) in [6.07, 6.45) is 1.67. The van der Waals surface area contributed by atoms with E-state index >= 15 is 0 Å². The van der Waals surface area contributed by atoms with Crippen LogP contribution in [0.3, 0.4) is 0 Å². The summed E-state index contributed by atoms with van der Waals surface area (Å²) in [6.45, 7) is 0. The molecule has 62 valence electrons. The first-order valence-corrected chi connectivity index (χ1v) is 3.80. The van der Waals surface area contributed by atoms with Crippen molar-refractivity contribution in [2.24, 2.45) is 7.05 Å². The van der Waals surface area contributed by atoms with Crippen molar-refractivity contribution >= 4 is 28.3 Å². The maximum Gasteiger partial charge on any atom is 0.161 e. The highest BCUT2D eigenvalue weighted by Gasteiger charge is 2.05. The third kappa shape index (κ3) is 0.921. The van der Waals surface area contributed by atoms with Crippen LogP contribution in [0.4, 0.5) is 5.69 Å².